The largest absolute Gasteiger partial charge is 0.328 e. The molecule has 0 spiro atoms. The van der Waals surface area contributed by atoms with Crippen molar-refractivity contribution in [1.82, 2.24) is 0 Å². The van der Waals surface area contributed by atoms with Crippen LogP contribution in [0, 0.1) is 12.8 Å². The molecule has 1 rings (SSSR count). The van der Waals surface area contributed by atoms with Crippen molar-refractivity contribution >= 4 is 11.6 Å². The molecule has 84 valence electrons. The molecule has 0 aromatic heterocycles. The van der Waals surface area contributed by atoms with Crippen LogP contribution in [0.2, 0.25) is 5.02 Å². The topological polar surface area (TPSA) is 26.0 Å². The highest BCUT2D eigenvalue weighted by molar-refractivity contribution is 6.31. The second kappa shape index (κ2) is 5.53. The van der Waals surface area contributed by atoms with E-state index in [0.29, 0.717) is 5.92 Å². The van der Waals surface area contributed by atoms with Crippen LogP contribution in [0.15, 0.2) is 18.2 Å². The third kappa shape index (κ3) is 3.51. The van der Waals surface area contributed by atoms with E-state index in [-0.39, 0.29) is 6.04 Å². The van der Waals surface area contributed by atoms with Gasteiger partial charge in [-0.3, -0.25) is 0 Å². The van der Waals surface area contributed by atoms with Gasteiger partial charge in [0.15, 0.2) is 0 Å². The molecule has 1 nitrogen and oxygen atoms in total. The lowest BCUT2D eigenvalue weighted by Gasteiger charge is -2.19. The molecule has 0 fully saturated rings. The standard InChI is InChI=1S/C13H20ClN/c1-4-12(10(3)15)8-11-5-6-13(14)9(2)7-11/h5-7,10,12H,4,8,15H2,1-3H3. The first-order valence-electron chi connectivity index (χ1n) is 5.55. The predicted molar refractivity (Wildman–Crippen MR) is 67.3 cm³/mol. The van der Waals surface area contributed by atoms with Gasteiger partial charge < -0.3 is 5.73 Å². The van der Waals surface area contributed by atoms with Crippen LogP contribution < -0.4 is 5.73 Å². The molecule has 0 aliphatic heterocycles. The maximum atomic E-state index is 5.99. The average molecular weight is 226 g/mol. The molecule has 2 heteroatoms. The molecule has 1 aromatic rings. The Morgan fingerprint density at radius 2 is 2.07 bits per heavy atom. The summed E-state index contributed by atoms with van der Waals surface area (Å²) in [6.45, 7) is 6.31. The van der Waals surface area contributed by atoms with Crippen LogP contribution in [0.1, 0.15) is 31.4 Å². The van der Waals surface area contributed by atoms with Crippen molar-refractivity contribution in [1.29, 1.82) is 0 Å². The molecule has 0 heterocycles. The zero-order chi connectivity index (χ0) is 11.4. The van der Waals surface area contributed by atoms with Gasteiger partial charge in [0.05, 0.1) is 0 Å². The minimum Gasteiger partial charge on any atom is -0.328 e. The van der Waals surface area contributed by atoms with Gasteiger partial charge in [-0.15, -0.1) is 0 Å². The van der Waals surface area contributed by atoms with E-state index in [4.69, 9.17) is 17.3 Å². The molecule has 0 bridgehead atoms. The monoisotopic (exact) mass is 225 g/mol. The summed E-state index contributed by atoms with van der Waals surface area (Å²) in [5.74, 6) is 0.561. The van der Waals surface area contributed by atoms with Crippen LogP contribution in [0.5, 0.6) is 0 Å². The van der Waals surface area contributed by atoms with Crippen molar-refractivity contribution in [3.05, 3.63) is 34.3 Å². The van der Waals surface area contributed by atoms with Crippen LogP contribution in [0.4, 0.5) is 0 Å². The van der Waals surface area contributed by atoms with Gasteiger partial charge in [0, 0.05) is 11.1 Å². The van der Waals surface area contributed by atoms with Gasteiger partial charge in [-0.25, -0.2) is 0 Å². The summed E-state index contributed by atoms with van der Waals surface area (Å²) in [7, 11) is 0. The third-order valence-corrected chi connectivity index (χ3v) is 3.41. The lowest BCUT2D eigenvalue weighted by molar-refractivity contribution is 0.427. The van der Waals surface area contributed by atoms with Gasteiger partial charge in [-0.2, -0.15) is 0 Å². The van der Waals surface area contributed by atoms with E-state index in [1.807, 2.05) is 13.0 Å². The smallest absolute Gasteiger partial charge is 0.0435 e. The summed E-state index contributed by atoms with van der Waals surface area (Å²) < 4.78 is 0. The molecule has 15 heavy (non-hydrogen) atoms. The van der Waals surface area contributed by atoms with E-state index >= 15 is 0 Å². The van der Waals surface area contributed by atoms with Gasteiger partial charge in [0.2, 0.25) is 0 Å². The molecule has 0 radical (unpaired) electrons. The number of halogens is 1. The Balaban J connectivity index is 2.75. The van der Waals surface area contributed by atoms with Crippen molar-refractivity contribution in [3.63, 3.8) is 0 Å². The molecule has 1 aromatic carbocycles. The third-order valence-electron chi connectivity index (χ3n) is 2.99. The van der Waals surface area contributed by atoms with Crippen LogP contribution in [0.25, 0.3) is 0 Å². The Labute approximate surface area is 97.6 Å². The maximum Gasteiger partial charge on any atom is 0.0435 e. The first-order chi connectivity index (χ1) is 7.04. The van der Waals surface area contributed by atoms with E-state index < -0.39 is 0 Å². The molecule has 0 aliphatic carbocycles. The fourth-order valence-electron chi connectivity index (χ4n) is 1.84. The van der Waals surface area contributed by atoms with Crippen molar-refractivity contribution in [2.75, 3.05) is 0 Å². The summed E-state index contributed by atoms with van der Waals surface area (Å²) in [6, 6.07) is 6.49. The number of rotatable bonds is 4. The van der Waals surface area contributed by atoms with Crippen LogP contribution in [-0.4, -0.2) is 6.04 Å². The molecule has 0 saturated heterocycles. The Kier molecular flexibility index (Phi) is 4.62. The Morgan fingerprint density at radius 1 is 1.40 bits per heavy atom. The lowest BCUT2D eigenvalue weighted by Crippen LogP contribution is -2.27. The second-order valence-electron chi connectivity index (χ2n) is 4.32. The summed E-state index contributed by atoms with van der Waals surface area (Å²) in [4.78, 5) is 0. The Morgan fingerprint density at radius 3 is 2.53 bits per heavy atom. The van der Waals surface area contributed by atoms with Crippen molar-refractivity contribution < 1.29 is 0 Å². The van der Waals surface area contributed by atoms with Gasteiger partial charge >= 0.3 is 0 Å². The summed E-state index contributed by atoms with van der Waals surface area (Å²) in [5.41, 5.74) is 8.42. The fraction of sp³-hybridized carbons (Fsp3) is 0.538. The summed E-state index contributed by atoms with van der Waals surface area (Å²) >= 11 is 5.99. The minimum absolute atomic E-state index is 0.256. The molecule has 0 amide bonds. The molecule has 2 atom stereocenters. The van der Waals surface area contributed by atoms with Crippen LogP contribution in [0.3, 0.4) is 0 Å². The van der Waals surface area contributed by atoms with Crippen molar-refractivity contribution in [2.24, 2.45) is 11.7 Å². The van der Waals surface area contributed by atoms with E-state index in [9.17, 15) is 0 Å². The van der Waals surface area contributed by atoms with Crippen LogP contribution >= 0.6 is 11.6 Å². The number of hydrogen-bond donors (Lipinski definition) is 1. The van der Waals surface area contributed by atoms with Gasteiger partial charge in [0.25, 0.3) is 0 Å². The molecule has 2 N–H and O–H groups in total. The fourth-order valence-corrected chi connectivity index (χ4v) is 1.96. The maximum absolute atomic E-state index is 5.99. The van der Waals surface area contributed by atoms with E-state index in [1.165, 1.54) is 5.56 Å². The quantitative estimate of drug-likeness (QED) is 0.833. The summed E-state index contributed by atoms with van der Waals surface area (Å²) in [6.07, 6.45) is 2.17. The SMILES string of the molecule is CCC(Cc1ccc(Cl)c(C)c1)C(C)N. The first-order valence-corrected chi connectivity index (χ1v) is 5.93. The van der Waals surface area contributed by atoms with Crippen LogP contribution in [-0.2, 0) is 6.42 Å². The summed E-state index contributed by atoms with van der Waals surface area (Å²) in [5, 5.41) is 0.840. The number of hydrogen-bond acceptors (Lipinski definition) is 1. The van der Waals surface area contributed by atoms with Crippen molar-refractivity contribution in [3.8, 4) is 0 Å². The average Bonchev–Trinajstić information content (AvgIpc) is 2.19. The number of aryl methyl sites for hydroxylation is 1. The predicted octanol–water partition coefficient (Wildman–Crippen LogP) is 3.56. The molecule has 0 aliphatic rings. The highest BCUT2D eigenvalue weighted by Gasteiger charge is 2.12. The van der Waals surface area contributed by atoms with Gasteiger partial charge in [-0.1, -0.05) is 37.1 Å². The zero-order valence-electron chi connectivity index (χ0n) is 9.76. The zero-order valence-corrected chi connectivity index (χ0v) is 10.5. The van der Waals surface area contributed by atoms with Gasteiger partial charge in [-0.05, 0) is 43.4 Å². The molecular formula is C13H20ClN. The first kappa shape index (κ1) is 12.5. The highest BCUT2D eigenvalue weighted by Crippen LogP contribution is 2.20. The molecule has 0 saturated carbocycles. The Hall–Kier alpha value is -0.530. The minimum atomic E-state index is 0.256. The number of nitrogens with two attached hydrogens (primary N) is 1. The molecule has 2 unspecified atom stereocenters. The second-order valence-corrected chi connectivity index (χ2v) is 4.72. The van der Waals surface area contributed by atoms with Gasteiger partial charge in [0.1, 0.15) is 0 Å². The van der Waals surface area contributed by atoms with Crippen molar-refractivity contribution in [2.45, 2.75) is 39.7 Å². The lowest BCUT2D eigenvalue weighted by atomic mass is 9.91. The van der Waals surface area contributed by atoms with E-state index in [1.54, 1.807) is 0 Å². The normalized spacial score (nSPS) is 15.0. The molecular weight excluding hydrogens is 206 g/mol. The van der Waals surface area contributed by atoms with E-state index in [0.717, 1.165) is 23.4 Å². The van der Waals surface area contributed by atoms with E-state index in [2.05, 4.69) is 26.0 Å². The highest BCUT2D eigenvalue weighted by atomic mass is 35.5. The number of benzene rings is 1. The Bertz CT molecular complexity index is 320.